The Balaban J connectivity index is 1.33. The second-order valence-corrected chi connectivity index (χ2v) is 8.60. The maximum atomic E-state index is 12.4. The average Bonchev–Trinajstić information content (AvgIpc) is 3.31. The molecule has 1 saturated heterocycles. The number of carbonyl (C=O) groups is 2. The summed E-state index contributed by atoms with van der Waals surface area (Å²) in [5.74, 6) is -0.265. The Morgan fingerprint density at radius 3 is 2.59 bits per heavy atom. The lowest BCUT2D eigenvalue weighted by molar-refractivity contribution is -0.138. The molecule has 4 aromatic rings. The monoisotopic (exact) mass is 509 g/mol. The van der Waals surface area contributed by atoms with Crippen LogP contribution in [0, 0.1) is 0 Å². The SMILES string of the molecule is O=C(Cc1cccc(-c2cnc3cc(-c4cnc(N5CCNC(=O)C5)nc4)ccn23)c1)NCC(F)(F)F. The number of nitrogens with one attached hydrogen (secondary N) is 2. The second kappa shape index (κ2) is 9.88. The van der Waals surface area contributed by atoms with Gasteiger partial charge in [-0.1, -0.05) is 18.2 Å². The zero-order chi connectivity index (χ0) is 26.0. The van der Waals surface area contributed by atoms with Gasteiger partial charge in [0.15, 0.2) is 0 Å². The average molecular weight is 509 g/mol. The summed E-state index contributed by atoms with van der Waals surface area (Å²) in [6.07, 6.45) is 2.35. The number of fused-ring (bicyclic) bond motifs is 1. The molecule has 2 amide bonds. The Bertz CT molecular complexity index is 1450. The van der Waals surface area contributed by atoms with E-state index in [1.165, 1.54) is 0 Å². The predicted molar refractivity (Wildman–Crippen MR) is 130 cm³/mol. The van der Waals surface area contributed by atoms with Crippen LogP contribution in [-0.2, 0) is 16.0 Å². The highest BCUT2D eigenvalue weighted by Gasteiger charge is 2.27. The van der Waals surface area contributed by atoms with Gasteiger partial charge in [-0.2, -0.15) is 13.2 Å². The molecule has 1 aliphatic heterocycles. The maximum absolute atomic E-state index is 12.4. The van der Waals surface area contributed by atoms with Gasteiger partial charge in [0.05, 0.1) is 24.9 Å². The van der Waals surface area contributed by atoms with Gasteiger partial charge in [0.25, 0.3) is 0 Å². The van der Waals surface area contributed by atoms with Crippen LogP contribution in [0.1, 0.15) is 5.56 Å². The highest BCUT2D eigenvalue weighted by atomic mass is 19.4. The van der Waals surface area contributed by atoms with Gasteiger partial charge in [-0.15, -0.1) is 0 Å². The van der Waals surface area contributed by atoms with Gasteiger partial charge in [0, 0.05) is 42.8 Å². The van der Waals surface area contributed by atoms with Gasteiger partial charge in [-0.05, 0) is 29.3 Å². The molecule has 4 heterocycles. The molecule has 0 radical (unpaired) electrons. The van der Waals surface area contributed by atoms with E-state index in [2.05, 4.69) is 20.3 Å². The Kier molecular flexibility index (Phi) is 6.47. The fraction of sp³-hybridized carbons (Fsp3) is 0.240. The van der Waals surface area contributed by atoms with Crippen molar-refractivity contribution in [2.45, 2.75) is 12.6 Å². The third-order valence-corrected chi connectivity index (χ3v) is 5.88. The minimum Gasteiger partial charge on any atom is -0.353 e. The lowest BCUT2D eigenvalue weighted by Crippen LogP contribution is -2.48. The van der Waals surface area contributed by atoms with Crippen LogP contribution in [0.2, 0.25) is 0 Å². The first-order valence-corrected chi connectivity index (χ1v) is 11.5. The number of piperazine rings is 1. The number of pyridine rings is 1. The Hall–Kier alpha value is -4.48. The van der Waals surface area contributed by atoms with Crippen LogP contribution < -0.4 is 15.5 Å². The second-order valence-electron chi connectivity index (χ2n) is 8.60. The van der Waals surface area contributed by atoms with Crippen LogP contribution in [0.15, 0.2) is 61.2 Å². The van der Waals surface area contributed by atoms with Crippen LogP contribution in [0.4, 0.5) is 19.1 Å². The normalized spacial score (nSPS) is 14.0. The summed E-state index contributed by atoms with van der Waals surface area (Å²) in [5, 5.41) is 4.66. The van der Waals surface area contributed by atoms with E-state index in [0.29, 0.717) is 30.2 Å². The molecule has 1 aliphatic rings. The number of aromatic nitrogens is 4. The lowest BCUT2D eigenvalue weighted by atomic mass is 10.1. The number of hydrogen-bond donors (Lipinski definition) is 2. The molecule has 0 atom stereocenters. The first-order chi connectivity index (χ1) is 17.7. The van der Waals surface area contributed by atoms with Gasteiger partial charge in [-0.3, -0.25) is 14.0 Å². The van der Waals surface area contributed by atoms with Crippen molar-refractivity contribution in [3.8, 4) is 22.4 Å². The molecular formula is C25H22F3N7O2. The van der Waals surface area contributed by atoms with E-state index in [1.807, 2.05) is 39.0 Å². The number of halogens is 3. The number of nitrogens with zero attached hydrogens (tertiary/aromatic N) is 5. The highest BCUT2D eigenvalue weighted by molar-refractivity contribution is 5.82. The summed E-state index contributed by atoms with van der Waals surface area (Å²) in [6.45, 7) is 0.0657. The van der Waals surface area contributed by atoms with Crippen molar-refractivity contribution in [1.29, 1.82) is 0 Å². The molecule has 1 aromatic carbocycles. The number of hydrogen-bond acceptors (Lipinski definition) is 6. The number of carbonyl (C=O) groups excluding carboxylic acids is 2. The molecule has 12 heteroatoms. The van der Waals surface area contributed by atoms with E-state index >= 15 is 0 Å². The summed E-state index contributed by atoms with van der Waals surface area (Å²) >= 11 is 0. The van der Waals surface area contributed by atoms with Crippen molar-refractivity contribution >= 4 is 23.4 Å². The third-order valence-electron chi connectivity index (χ3n) is 5.88. The quantitative estimate of drug-likeness (QED) is 0.414. The van der Waals surface area contributed by atoms with Crippen molar-refractivity contribution in [2.24, 2.45) is 0 Å². The van der Waals surface area contributed by atoms with E-state index in [9.17, 15) is 22.8 Å². The molecule has 2 N–H and O–H groups in total. The summed E-state index contributed by atoms with van der Waals surface area (Å²) in [6, 6.07) is 10.8. The van der Waals surface area contributed by atoms with E-state index < -0.39 is 18.6 Å². The maximum Gasteiger partial charge on any atom is 0.405 e. The molecule has 0 aliphatic carbocycles. The molecule has 0 saturated carbocycles. The molecule has 3 aromatic heterocycles. The number of imidazole rings is 1. The van der Waals surface area contributed by atoms with Crippen molar-refractivity contribution in [3.05, 3.63) is 66.7 Å². The predicted octanol–water partition coefficient (Wildman–Crippen LogP) is 2.62. The van der Waals surface area contributed by atoms with Crippen LogP contribution >= 0.6 is 0 Å². The molecule has 5 rings (SSSR count). The zero-order valence-electron chi connectivity index (χ0n) is 19.5. The number of amides is 2. The van der Waals surface area contributed by atoms with Crippen LogP contribution in [-0.4, -0.2) is 63.5 Å². The van der Waals surface area contributed by atoms with Crippen LogP contribution in [0.25, 0.3) is 28.0 Å². The number of benzene rings is 1. The Morgan fingerprint density at radius 1 is 1.03 bits per heavy atom. The van der Waals surface area contributed by atoms with Gasteiger partial charge < -0.3 is 15.5 Å². The smallest absolute Gasteiger partial charge is 0.353 e. The summed E-state index contributed by atoms with van der Waals surface area (Å²) < 4.78 is 38.9. The molecule has 0 unspecified atom stereocenters. The Morgan fingerprint density at radius 2 is 1.84 bits per heavy atom. The van der Waals surface area contributed by atoms with E-state index in [1.54, 1.807) is 36.8 Å². The van der Waals surface area contributed by atoms with Crippen molar-refractivity contribution in [3.63, 3.8) is 0 Å². The van der Waals surface area contributed by atoms with E-state index in [-0.39, 0.29) is 18.9 Å². The third kappa shape index (κ3) is 5.68. The topological polar surface area (TPSA) is 105 Å². The summed E-state index contributed by atoms with van der Waals surface area (Å²) in [5.41, 5.74) is 4.48. The number of alkyl halides is 3. The Labute approximate surface area is 209 Å². The largest absolute Gasteiger partial charge is 0.405 e. The van der Waals surface area contributed by atoms with Gasteiger partial charge in [0.1, 0.15) is 12.2 Å². The lowest BCUT2D eigenvalue weighted by Gasteiger charge is -2.26. The minimum absolute atomic E-state index is 0.0604. The molecule has 9 nitrogen and oxygen atoms in total. The molecule has 190 valence electrons. The summed E-state index contributed by atoms with van der Waals surface area (Å²) in [7, 11) is 0. The first-order valence-electron chi connectivity index (χ1n) is 11.5. The molecular weight excluding hydrogens is 487 g/mol. The van der Waals surface area contributed by atoms with Crippen molar-refractivity contribution < 1.29 is 22.8 Å². The standard InChI is InChI=1S/C25H22F3N7O2/c26-25(27,28)15-33-22(36)9-16-2-1-3-18(8-16)20-13-30-21-10-17(4-6-35(20)21)19-11-31-24(32-12-19)34-7-5-29-23(37)14-34/h1-4,6,8,10-13H,5,7,9,14-15H2,(H,29,37)(H,33,36). The van der Waals surface area contributed by atoms with E-state index in [4.69, 9.17) is 0 Å². The molecule has 0 spiro atoms. The fourth-order valence-electron chi connectivity index (χ4n) is 4.10. The van der Waals surface area contributed by atoms with E-state index in [0.717, 1.165) is 22.4 Å². The number of anilines is 1. The summed E-state index contributed by atoms with van der Waals surface area (Å²) in [4.78, 5) is 38.7. The first kappa shape index (κ1) is 24.2. The zero-order valence-corrected chi connectivity index (χ0v) is 19.5. The van der Waals surface area contributed by atoms with Crippen molar-refractivity contribution in [1.82, 2.24) is 30.0 Å². The van der Waals surface area contributed by atoms with Crippen LogP contribution in [0.5, 0.6) is 0 Å². The number of rotatable bonds is 6. The molecule has 1 fully saturated rings. The van der Waals surface area contributed by atoms with Gasteiger partial charge in [-0.25, -0.2) is 15.0 Å². The van der Waals surface area contributed by atoms with Crippen molar-refractivity contribution in [2.75, 3.05) is 31.1 Å². The molecule has 0 bridgehead atoms. The van der Waals surface area contributed by atoms with Crippen LogP contribution in [0.3, 0.4) is 0 Å². The minimum atomic E-state index is -4.45. The van der Waals surface area contributed by atoms with Gasteiger partial charge in [0.2, 0.25) is 17.8 Å². The molecule has 37 heavy (non-hydrogen) atoms. The van der Waals surface area contributed by atoms with Gasteiger partial charge >= 0.3 is 6.18 Å². The highest BCUT2D eigenvalue weighted by Crippen LogP contribution is 2.26. The fourth-order valence-corrected chi connectivity index (χ4v) is 4.10.